The quantitative estimate of drug-likeness (QED) is 0.881. The molecule has 4 nitrogen and oxygen atoms in total. The van der Waals surface area contributed by atoms with Gasteiger partial charge in [-0.2, -0.15) is 0 Å². The summed E-state index contributed by atoms with van der Waals surface area (Å²) in [5, 5.41) is 2.75. The lowest BCUT2D eigenvalue weighted by molar-refractivity contribution is 0.102. The molecule has 0 atom stereocenters. The average molecular weight is 230 g/mol. The number of rotatable bonds is 3. The van der Waals surface area contributed by atoms with E-state index in [9.17, 15) is 4.79 Å². The van der Waals surface area contributed by atoms with E-state index in [1.807, 2.05) is 24.3 Å². The van der Waals surface area contributed by atoms with Crippen molar-refractivity contribution >= 4 is 11.6 Å². The molecule has 2 rings (SSSR count). The van der Waals surface area contributed by atoms with Crippen LogP contribution >= 0.6 is 0 Å². The van der Waals surface area contributed by atoms with Crippen LogP contribution in [-0.2, 0) is 0 Å². The number of carbonyl (C=O) groups is 1. The van der Waals surface area contributed by atoms with Crippen LogP contribution in [0.3, 0.4) is 0 Å². The predicted octanol–water partition coefficient (Wildman–Crippen LogP) is 3.05. The second-order valence-corrected chi connectivity index (χ2v) is 4.10. The van der Waals surface area contributed by atoms with E-state index in [1.54, 1.807) is 0 Å². The summed E-state index contributed by atoms with van der Waals surface area (Å²) in [7, 11) is 0. The van der Waals surface area contributed by atoms with Crippen LogP contribution in [0.25, 0.3) is 0 Å². The average Bonchev–Trinajstić information content (AvgIpc) is 2.83. The van der Waals surface area contributed by atoms with E-state index >= 15 is 0 Å². The van der Waals surface area contributed by atoms with E-state index in [0.717, 1.165) is 5.69 Å². The number of hydrogen-bond donors (Lipinski definition) is 1. The van der Waals surface area contributed by atoms with E-state index in [0.29, 0.717) is 5.92 Å². The Morgan fingerprint density at radius 3 is 2.53 bits per heavy atom. The Morgan fingerprint density at radius 2 is 2.00 bits per heavy atom. The van der Waals surface area contributed by atoms with E-state index in [-0.39, 0.29) is 11.6 Å². The Morgan fingerprint density at radius 1 is 1.29 bits per heavy atom. The molecule has 88 valence electrons. The highest BCUT2D eigenvalue weighted by molar-refractivity contribution is 6.02. The van der Waals surface area contributed by atoms with Crippen LogP contribution in [-0.4, -0.2) is 10.9 Å². The molecule has 0 unspecified atom stereocenters. The Balaban J connectivity index is 2.07. The van der Waals surface area contributed by atoms with Crippen molar-refractivity contribution in [3.8, 4) is 0 Å². The van der Waals surface area contributed by atoms with Crippen molar-refractivity contribution in [2.45, 2.75) is 19.8 Å². The number of anilines is 1. The zero-order valence-corrected chi connectivity index (χ0v) is 9.81. The van der Waals surface area contributed by atoms with Gasteiger partial charge in [0.25, 0.3) is 5.91 Å². The third kappa shape index (κ3) is 2.72. The van der Waals surface area contributed by atoms with Gasteiger partial charge in [-0.05, 0) is 23.6 Å². The second kappa shape index (κ2) is 4.82. The standard InChI is InChI=1S/C13H14N2O2/c1-9(2)10-3-5-11(6-4-10)15-13(16)12-7-17-8-14-12/h3-9H,1-2H3,(H,15,16). The van der Waals surface area contributed by atoms with Crippen molar-refractivity contribution in [2.24, 2.45) is 0 Å². The van der Waals surface area contributed by atoms with Crippen molar-refractivity contribution in [3.05, 3.63) is 48.2 Å². The van der Waals surface area contributed by atoms with Crippen LogP contribution < -0.4 is 5.32 Å². The second-order valence-electron chi connectivity index (χ2n) is 4.10. The summed E-state index contributed by atoms with van der Waals surface area (Å²) in [5.41, 5.74) is 2.27. The molecule has 0 spiro atoms. The molecule has 0 bridgehead atoms. The number of nitrogens with zero attached hydrogens (tertiary/aromatic N) is 1. The first kappa shape index (κ1) is 11.4. The van der Waals surface area contributed by atoms with Crippen LogP contribution in [0.5, 0.6) is 0 Å². The minimum Gasteiger partial charge on any atom is -0.451 e. The maximum Gasteiger partial charge on any atom is 0.277 e. The van der Waals surface area contributed by atoms with E-state index in [1.165, 1.54) is 18.2 Å². The van der Waals surface area contributed by atoms with E-state index in [2.05, 4.69) is 24.1 Å². The molecular formula is C13H14N2O2. The topological polar surface area (TPSA) is 55.1 Å². The summed E-state index contributed by atoms with van der Waals surface area (Å²) in [6.45, 7) is 4.26. The van der Waals surface area contributed by atoms with Gasteiger partial charge in [0.1, 0.15) is 6.26 Å². The highest BCUT2D eigenvalue weighted by Crippen LogP contribution is 2.17. The van der Waals surface area contributed by atoms with Crippen LogP contribution in [0.15, 0.2) is 41.3 Å². The molecule has 0 aliphatic heterocycles. The molecule has 0 saturated carbocycles. The summed E-state index contributed by atoms with van der Waals surface area (Å²) in [6, 6.07) is 7.77. The molecule has 1 aromatic heterocycles. The van der Waals surface area contributed by atoms with E-state index < -0.39 is 0 Å². The van der Waals surface area contributed by atoms with Crippen molar-refractivity contribution in [1.82, 2.24) is 4.98 Å². The third-order valence-electron chi connectivity index (χ3n) is 2.50. The Kier molecular flexibility index (Phi) is 3.23. The summed E-state index contributed by atoms with van der Waals surface area (Å²) >= 11 is 0. The monoisotopic (exact) mass is 230 g/mol. The molecule has 1 amide bonds. The maximum atomic E-state index is 11.7. The summed E-state index contributed by atoms with van der Waals surface area (Å²) in [4.78, 5) is 15.4. The molecule has 0 aliphatic carbocycles. The predicted molar refractivity (Wildman–Crippen MR) is 65.0 cm³/mol. The number of carbonyl (C=O) groups excluding carboxylic acids is 1. The first-order valence-electron chi connectivity index (χ1n) is 5.46. The van der Waals surface area contributed by atoms with Crippen LogP contribution in [0, 0.1) is 0 Å². The van der Waals surface area contributed by atoms with Gasteiger partial charge in [-0.15, -0.1) is 0 Å². The SMILES string of the molecule is CC(C)c1ccc(NC(=O)c2cocn2)cc1. The van der Waals surface area contributed by atoms with Gasteiger partial charge in [0.05, 0.1) is 0 Å². The number of amides is 1. The first-order chi connectivity index (χ1) is 8.16. The smallest absolute Gasteiger partial charge is 0.277 e. The van der Waals surface area contributed by atoms with Gasteiger partial charge in [0.2, 0.25) is 0 Å². The zero-order chi connectivity index (χ0) is 12.3. The molecule has 0 fully saturated rings. The molecule has 1 aromatic carbocycles. The molecule has 0 aliphatic rings. The molecule has 17 heavy (non-hydrogen) atoms. The molecule has 4 heteroatoms. The first-order valence-corrected chi connectivity index (χ1v) is 5.46. The van der Waals surface area contributed by atoms with Gasteiger partial charge in [-0.1, -0.05) is 26.0 Å². The minimum absolute atomic E-state index is 0.268. The van der Waals surface area contributed by atoms with Gasteiger partial charge < -0.3 is 9.73 Å². The van der Waals surface area contributed by atoms with Gasteiger partial charge in [0, 0.05) is 5.69 Å². The zero-order valence-electron chi connectivity index (χ0n) is 9.81. The van der Waals surface area contributed by atoms with Crippen LogP contribution in [0.4, 0.5) is 5.69 Å². The number of benzene rings is 1. The van der Waals surface area contributed by atoms with Crippen molar-refractivity contribution < 1.29 is 9.21 Å². The molecular weight excluding hydrogens is 216 g/mol. The van der Waals surface area contributed by atoms with Crippen molar-refractivity contribution in [3.63, 3.8) is 0 Å². The van der Waals surface area contributed by atoms with Gasteiger partial charge in [-0.25, -0.2) is 4.98 Å². The van der Waals surface area contributed by atoms with Crippen molar-refractivity contribution in [1.29, 1.82) is 0 Å². The van der Waals surface area contributed by atoms with E-state index in [4.69, 9.17) is 4.42 Å². The third-order valence-corrected chi connectivity index (χ3v) is 2.50. The van der Waals surface area contributed by atoms with Crippen LogP contribution in [0.1, 0.15) is 35.8 Å². The molecule has 1 heterocycles. The fourth-order valence-corrected chi connectivity index (χ4v) is 1.47. The van der Waals surface area contributed by atoms with Gasteiger partial charge in [-0.3, -0.25) is 4.79 Å². The lowest BCUT2D eigenvalue weighted by Gasteiger charge is -2.07. The molecule has 0 radical (unpaired) electrons. The fraction of sp³-hybridized carbons (Fsp3) is 0.231. The maximum absolute atomic E-state index is 11.7. The summed E-state index contributed by atoms with van der Waals surface area (Å²) < 4.78 is 4.75. The summed E-state index contributed by atoms with van der Waals surface area (Å²) in [6.07, 6.45) is 2.55. The number of oxazole rings is 1. The fourth-order valence-electron chi connectivity index (χ4n) is 1.47. The minimum atomic E-state index is -0.268. The summed E-state index contributed by atoms with van der Waals surface area (Å²) in [5.74, 6) is 0.214. The van der Waals surface area contributed by atoms with Crippen molar-refractivity contribution in [2.75, 3.05) is 5.32 Å². The van der Waals surface area contributed by atoms with Crippen LogP contribution in [0.2, 0.25) is 0 Å². The van der Waals surface area contributed by atoms with Gasteiger partial charge in [0.15, 0.2) is 12.1 Å². The molecule has 2 aromatic rings. The highest BCUT2D eigenvalue weighted by atomic mass is 16.3. The molecule has 0 saturated heterocycles. The molecule has 1 N–H and O–H groups in total. The number of nitrogens with one attached hydrogen (secondary N) is 1. The largest absolute Gasteiger partial charge is 0.451 e. The Hall–Kier alpha value is -2.10. The number of hydrogen-bond acceptors (Lipinski definition) is 3. The van der Waals surface area contributed by atoms with Gasteiger partial charge >= 0.3 is 0 Å². The lowest BCUT2D eigenvalue weighted by atomic mass is 10.0. The Bertz CT molecular complexity index is 487. The lowest BCUT2D eigenvalue weighted by Crippen LogP contribution is -2.12. The highest BCUT2D eigenvalue weighted by Gasteiger charge is 2.08. The Labute approximate surface area is 99.7 Å². The number of aromatic nitrogens is 1. The normalized spacial score (nSPS) is 10.5.